The van der Waals surface area contributed by atoms with Crippen LogP contribution in [0, 0.1) is 11.7 Å². The van der Waals surface area contributed by atoms with Gasteiger partial charge in [0.2, 0.25) is 0 Å². The van der Waals surface area contributed by atoms with E-state index in [1.54, 1.807) is 12.1 Å². The number of benzene rings is 1. The average molecular weight is 475 g/mol. The van der Waals surface area contributed by atoms with Crippen LogP contribution in [0.1, 0.15) is 62.8 Å². The standard InChI is InChI=1S/C26H39FN4OS/c27-22-5-1-4-20(16-22)19-9-11-23(12-10-19)32-18-21-17-31(26(29)8-3-14-28)15-13-25(21)30-33-24-6-2-7-24/h1,3-5,8,14,16,19,21,23-25,30H,2,6-7,9-13,15,17-18,28-29H2/b14-3-,26-8+/t19-,21?,23+,25?. The van der Waals surface area contributed by atoms with Crippen LogP contribution in [0.5, 0.6) is 0 Å². The van der Waals surface area contributed by atoms with Crippen LogP contribution in [0.3, 0.4) is 0 Å². The van der Waals surface area contributed by atoms with Crippen LogP contribution >= 0.6 is 11.9 Å². The zero-order valence-electron chi connectivity index (χ0n) is 19.5. The zero-order chi connectivity index (χ0) is 23.0. The van der Waals surface area contributed by atoms with Crippen LogP contribution in [-0.4, -0.2) is 42.0 Å². The summed E-state index contributed by atoms with van der Waals surface area (Å²) in [6.07, 6.45) is 14.7. The predicted octanol–water partition coefficient (Wildman–Crippen LogP) is 4.62. The second-order valence-electron chi connectivity index (χ2n) is 9.73. The van der Waals surface area contributed by atoms with Gasteiger partial charge in [0.1, 0.15) is 5.82 Å². The number of hydrogen-bond donors (Lipinski definition) is 3. The van der Waals surface area contributed by atoms with E-state index in [0.29, 0.717) is 17.9 Å². The molecule has 1 aromatic carbocycles. The summed E-state index contributed by atoms with van der Waals surface area (Å²) >= 11 is 1.93. The Morgan fingerprint density at radius 2 is 2.00 bits per heavy atom. The van der Waals surface area contributed by atoms with Gasteiger partial charge >= 0.3 is 0 Å². The molecule has 1 aliphatic heterocycles. The van der Waals surface area contributed by atoms with Crippen molar-refractivity contribution in [1.82, 2.24) is 9.62 Å². The lowest BCUT2D eigenvalue weighted by Crippen LogP contribution is -2.50. The van der Waals surface area contributed by atoms with Crippen molar-refractivity contribution in [2.45, 2.75) is 74.7 Å². The molecular weight excluding hydrogens is 435 g/mol. The van der Waals surface area contributed by atoms with Crippen molar-refractivity contribution >= 4 is 11.9 Å². The number of halogens is 1. The van der Waals surface area contributed by atoms with Crippen LogP contribution in [0.2, 0.25) is 0 Å². The van der Waals surface area contributed by atoms with E-state index in [9.17, 15) is 4.39 Å². The molecule has 0 aromatic heterocycles. The number of allylic oxidation sites excluding steroid dienone is 2. The van der Waals surface area contributed by atoms with Crippen molar-refractivity contribution in [3.8, 4) is 0 Å². The highest BCUT2D eigenvalue weighted by Gasteiger charge is 2.32. The minimum absolute atomic E-state index is 0.138. The highest BCUT2D eigenvalue weighted by atomic mass is 32.2. The fraction of sp³-hybridized carbons (Fsp3) is 0.615. The Balaban J connectivity index is 1.29. The van der Waals surface area contributed by atoms with E-state index in [1.165, 1.54) is 31.5 Å². The smallest absolute Gasteiger partial charge is 0.123 e. The van der Waals surface area contributed by atoms with Gasteiger partial charge in [0.05, 0.1) is 18.5 Å². The van der Waals surface area contributed by atoms with Crippen molar-refractivity contribution in [2.75, 3.05) is 19.7 Å². The minimum Gasteiger partial charge on any atom is -0.405 e. The molecular formula is C26H39FN4OS. The number of nitrogens with two attached hydrogens (primary N) is 2. The number of rotatable bonds is 9. The molecule has 33 heavy (non-hydrogen) atoms. The number of likely N-dealkylation sites (tertiary alicyclic amines) is 1. The lowest BCUT2D eigenvalue weighted by Gasteiger charge is -2.41. The minimum atomic E-state index is -0.138. The number of nitrogens with zero attached hydrogens (tertiary/aromatic N) is 1. The van der Waals surface area contributed by atoms with Gasteiger partial charge in [-0.25, -0.2) is 4.39 Å². The molecule has 2 saturated carbocycles. The lowest BCUT2D eigenvalue weighted by molar-refractivity contribution is -0.0134. The monoisotopic (exact) mass is 474 g/mol. The van der Waals surface area contributed by atoms with Crippen molar-refractivity contribution in [3.05, 3.63) is 59.8 Å². The van der Waals surface area contributed by atoms with Gasteiger partial charge in [-0.2, -0.15) is 0 Å². The van der Waals surface area contributed by atoms with E-state index in [2.05, 4.69) is 15.7 Å². The van der Waals surface area contributed by atoms with Crippen LogP contribution in [0.25, 0.3) is 0 Å². The number of ether oxygens (including phenoxy) is 1. The van der Waals surface area contributed by atoms with E-state index in [-0.39, 0.29) is 11.9 Å². The Morgan fingerprint density at radius 1 is 1.18 bits per heavy atom. The molecule has 1 heterocycles. The summed E-state index contributed by atoms with van der Waals surface area (Å²) in [5.41, 5.74) is 12.9. The maximum absolute atomic E-state index is 13.6. The van der Waals surface area contributed by atoms with Crippen LogP contribution in [0.4, 0.5) is 4.39 Å². The van der Waals surface area contributed by atoms with Crippen LogP contribution < -0.4 is 16.2 Å². The molecule has 5 nitrogen and oxygen atoms in total. The molecule has 5 N–H and O–H groups in total. The molecule has 4 rings (SSSR count). The highest BCUT2D eigenvalue weighted by molar-refractivity contribution is 7.98. The predicted molar refractivity (Wildman–Crippen MR) is 135 cm³/mol. The second kappa shape index (κ2) is 12.1. The Hall–Kier alpha value is -1.70. The largest absolute Gasteiger partial charge is 0.405 e. The first kappa shape index (κ1) is 24.4. The molecule has 182 valence electrons. The highest BCUT2D eigenvalue weighted by Crippen LogP contribution is 2.35. The molecule has 2 atom stereocenters. The first-order valence-electron chi connectivity index (χ1n) is 12.5. The topological polar surface area (TPSA) is 76.5 Å². The molecule has 1 aromatic rings. The van der Waals surface area contributed by atoms with E-state index < -0.39 is 0 Å². The van der Waals surface area contributed by atoms with Crippen molar-refractivity contribution in [3.63, 3.8) is 0 Å². The Morgan fingerprint density at radius 3 is 2.70 bits per heavy atom. The Labute approximate surface area is 202 Å². The van der Waals surface area contributed by atoms with Gasteiger partial charge in [-0.1, -0.05) is 30.5 Å². The fourth-order valence-electron chi connectivity index (χ4n) is 5.11. The second-order valence-corrected chi connectivity index (χ2v) is 10.9. The van der Waals surface area contributed by atoms with E-state index >= 15 is 0 Å². The van der Waals surface area contributed by atoms with Gasteiger partial charge in [0, 0.05) is 30.3 Å². The summed E-state index contributed by atoms with van der Waals surface area (Å²) in [6, 6.07) is 7.53. The SMILES string of the molecule is N/C=C\C=C(/N)N1CCC(NSC2CCC2)C(CO[C@H]2CC[C@@H](c3cccc(F)c3)CC2)C1. The third-order valence-electron chi connectivity index (χ3n) is 7.46. The number of piperidine rings is 1. The maximum atomic E-state index is 13.6. The van der Waals surface area contributed by atoms with Crippen molar-refractivity contribution < 1.29 is 9.13 Å². The average Bonchev–Trinajstić information content (AvgIpc) is 2.81. The summed E-state index contributed by atoms with van der Waals surface area (Å²) in [5, 5.41) is 0.766. The molecule has 0 bridgehead atoms. The first-order valence-corrected chi connectivity index (χ1v) is 13.4. The van der Waals surface area contributed by atoms with Crippen LogP contribution in [0.15, 0.2) is 48.4 Å². The molecule has 0 amide bonds. The molecule has 3 aliphatic rings. The van der Waals surface area contributed by atoms with Gasteiger partial charge in [0.15, 0.2) is 0 Å². The molecule has 0 spiro atoms. The number of nitrogens with one attached hydrogen (secondary N) is 1. The molecule has 1 saturated heterocycles. The van der Waals surface area contributed by atoms with Crippen LogP contribution in [-0.2, 0) is 4.74 Å². The molecule has 7 heteroatoms. The quantitative estimate of drug-likeness (QED) is 0.358. The molecule has 0 radical (unpaired) electrons. The van der Waals surface area contributed by atoms with Gasteiger partial charge in [-0.05, 0) is 86.9 Å². The fourth-order valence-corrected chi connectivity index (χ4v) is 6.35. The van der Waals surface area contributed by atoms with E-state index in [1.807, 2.05) is 24.1 Å². The van der Waals surface area contributed by atoms with Crippen molar-refractivity contribution in [1.29, 1.82) is 0 Å². The lowest BCUT2D eigenvalue weighted by atomic mass is 9.82. The van der Waals surface area contributed by atoms with Crippen molar-refractivity contribution in [2.24, 2.45) is 17.4 Å². The normalized spacial score (nSPS) is 29.4. The maximum Gasteiger partial charge on any atom is 0.123 e. The number of hydrogen-bond acceptors (Lipinski definition) is 6. The van der Waals surface area contributed by atoms with E-state index in [0.717, 1.165) is 68.4 Å². The van der Waals surface area contributed by atoms with E-state index in [4.69, 9.17) is 16.2 Å². The third kappa shape index (κ3) is 6.90. The summed E-state index contributed by atoms with van der Waals surface area (Å²) in [6.45, 7) is 2.58. The van der Waals surface area contributed by atoms with Gasteiger partial charge in [0.25, 0.3) is 0 Å². The molecule has 3 fully saturated rings. The zero-order valence-corrected chi connectivity index (χ0v) is 20.3. The third-order valence-corrected chi connectivity index (χ3v) is 8.70. The first-order chi connectivity index (χ1) is 16.1. The van der Waals surface area contributed by atoms with Gasteiger partial charge < -0.3 is 21.1 Å². The molecule has 2 aliphatic carbocycles. The summed E-state index contributed by atoms with van der Waals surface area (Å²) in [5.74, 6) is 1.46. The van der Waals surface area contributed by atoms with Gasteiger partial charge in [-0.3, -0.25) is 4.72 Å². The summed E-state index contributed by atoms with van der Waals surface area (Å²) < 4.78 is 23.8. The van der Waals surface area contributed by atoms with Gasteiger partial charge in [-0.15, -0.1) is 0 Å². The summed E-state index contributed by atoms with van der Waals surface area (Å²) in [4.78, 5) is 2.25. The Kier molecular flexibility index (Phi) is 8.98. The molecule has 2 unspecified atom stereocenters. The Bertz CT molecular complexity index is 807. The summed E-state index contributed by atoms with van der Waals surface area (Å²) in [7, 11) is 0.